The van der Waals surface area contributed by atoms with E-state index in [0.717, 1.165) is 36.4 Å². The highest BCUT2D eigenvalue weighted by molar-refractivity contribution is 5.78. The maximum absolute atomic E-state index is 11.4. The maximum Gasteiger partial charge on any atom is 0.323 e. The molecule has 2 rings (SSSR count). The third-order valence-electron chi connectivity index (χ3n) is 4.00. The van der Waals surface area contributed by atoms with Crippen LogP contribution in [0, 0.1) is 6.92 Å². The van der Waals surface area contributed by atoms with Crippen molar-refractivity contribution in [2.75, 3.05) is 6.54 Å². The predicted molar refractivity (Wildman–Crippen MR) is 66.3 cm³/mol. The normalized spacial score (nSPS) is 24.6. The lowest BCUT2D eigenvalue weighted by atomic mass is 9.98. The fraction of sp³-hybridized carbons (Fsp3) is 0.692. The molecule has 1 aromatic rings. The molecule has 1 fully saturated rings. The van der Waals surface area contributed by atoms with Gasteiger partial charge in [0.25, 0.3) is 0 Å². The fourth-order valence-electron chi connectivity index (χ4n) is 2.62. The topological polar surface area (TPSA) is 66.6 Å². The first-order valence-electron chi connectivity index (χ1n) is 6.41. The summed E-state index contributed by atoms with van der Waals surface area (Å²) >= 11 is 0. The molecule has 1 aliphatic heterocycles. The predicted octanol–water partition coefficient (Wildman–Crippen LogP) is 1.98. The highest BCUT2D eigenvalue weighted by Crippen LogP contribution is 2.32. The molecule has 1 saturated heterocycles. The molecule has 5 heteroatoms. The zero-order chi connectivity index (χ0) is 13.3. The van der Waals surface area contributed by atoms with Gasteiger partial charge >= 0.3 is 5.97 Å². The van der Waals surface area contributed by atoms with Crippen LogP contribution in [0.5, 0.6) is 0 Å². The molecule has 0 aliphatic carbocycles. The molecule has 100 valence electrons. The molecule has 1 atom stereocenters. The van der Waals surface area contributed by atoms with Gasteiger partial charge in [0.15, 0.2) is 0 Å². The van der Waals surface area contributed by atoms with E-state index in [0.29, 0.717) is 13.0 Å². The number of rotatable bonds is 4. The monoisotopic (exact) mass is 252 g/mol. The number of aliphatic carboxylic acids is 1. The van der Waals surface area contributed by atoms with Crippen molar-refractivity contribution in [3.05, 3.63) is 17.0 Å². The second-order valence-corrected chi connectivity index (χ2v) is 5.12. The highest BCUT2D eigenvalue weighted by Gasteiger charge is 2.43. The fourth-order valence-corrected chi connectivity index (χ4v) is 2.62. The minimum atomic E-state index is -0.755. The molecule has 0 bridgehead atoms. The molecule has 0 saturated carbocycles. The van der Waals surface area contributed by atoms with Gasteiger partial charge < -0.3 is 9.63 Å². The van der Waals surface area contributed by atoms with Crippen LogP contribution in [0.25, 0.3) is 0 Å². The van der Waals surface area contributed by atoms with Crippen LogP contribution in [-0.2, 0) is 17.8 Å². The number of nitrogens with zero attached hydrogens (tertiary/aromatic N) is 2. The smallest absolute Gasteiger partial charge is 0.323 e. The van der Waals surface area contributed by atoms with E-state index in [1.54, 1.807) is 6.92 Å². The van der Waals surface area contributed by atoms with Crippen molar-refractivity contribution in [3.63, 3.8) is 0 Å². The average Bonchev–Trinajstić information content (AvgIpc) is 2.86. The first-order valence-corrected chi connectivity index (χ1v) is 6.41. The van der Waals surface area contributed by atoms with Crippen molar-refractivity contribution >= 4 is 5.97 Å². The van der Waals surface area contributed by atoms with Crippen LogP contribution < -0.4 is 0 Å². The van der Waals surface area contributed by atoms with Crippen molar-refractivity contribution in [2.45, 2.75) is 52.1 Å². The van der Waals surface area contributed by atoms with Crippen molar-refractivity contribution in [2.24, 2.45) is 0 Å². The van der Waals surface area contributed by atoms with Gasteiger partial charge in [0, 0.05) is 12.1 Å². The third kappa shape index (κ3) is 2.03. The van der Waals surface area contributed by atoms with E-state index < -0.39 is 11.5 Å². The lowest BCUT2D eigenvalue weighted by molar-refractivity contribution is -0.148. The number of aryl methyl sites for hydroxylation is 2. The summed E-state index contributed by atoms with van der Waals surface area (Å²) in [7, 11) is 0. The number of carboxylic acid groups (broad SMARTS) is 1. The van der Waals surface area contributed by atoms with Crippen LogP contribution in [0.1, 0.15) is 43.7 Å². The number of likely N-dealkylation sites (tertiary alicyclic amines) is 1. The van der Waals surface area contributed by atoms with Gasteiger partial charge in [0.1, 0.15) is 11.3 Å². The molecule has 0 radical (unpaired) electrons. The Morgan fingerprint density at radius 3 is 2.94 bits per heavy atom. The average molecular weight is 252 g/mol. The van der Waals surface area contributed by atoms with Gasteiger partial charge in [0.05, 0.1) is 5.69 Å². The first kappa shape index (κ1) is 13.1. The number of hydrogen-bond acceptors (Lipinski definition) is 4. The lowest BCUT2D eigenvalue weighted by Gasteiger charge is -2.31. The van der Waals surface area contributed by atoms with Crippen molar-refractivity contribution in [1.82, 2.24) is 10.1 Å². The quantitative estimate of drug-likeness (QED) is 0.887. The van der Waals surface area contributed by atoms with Gasteiger partial charge in [-0.05, 0) is 39.7 Å². The van der Waals surface area contributed by atoms with E-state index >= 15 is 0 Å². The number of carbonyl (C=O) groups is 1. The summed E-state index contributed by atoms with van der Waals surface area (Å²) in [5, 5.41) is 13.4. The standard InChI is InChI=1S/C13H20N2O3/c1-4-11-10(9(2)18-14-11)8-15-7-5-6-13(15,3)12(16)17/h4-8H2,1-3H3,(H,16,17). The maximum atomic E-state index is 11.4. The minimum absolute atomic E-state index is 0.612. The molecule has 2 heterocycles. The Morgan fingerprint density at radius 1 is 1.61 bits per heavy atom. The molecule has 5 nitrogen and oxygen atoms in total. The van der Waals surface area contributed by atoms with Crippen LogP contribution in [-0.4, -0.2) is 33.2 Å². The molecule has 1 aromatic heterocycles. The van der Waals surface area contributed by atoms with Gasteiger partial charge in [-0.15, -0.1) is 0 Å². The Balaban J connectivity index is 2.23. The zero-order valence-electron chi connectivity index (χ0n) is 11.2. The summed E-state index contributed by atoms with van der Waals surface area (Å²) in [5.74, 6) is 0.0543. The van der Waals surface area contributed by atoms with Gasteiger partial charge in [-0.3, -0.25) is 9.69 Å². The molecule has 18 heavy (non-hydrogen) atoms. The second kappa shape index (κ2) is 4.72. The Kier molecular flexibility index (Phi) is 3.43. The second-order valence-electron chi connectivity index (χ2n) is 5.12. The number of hydrogen-bond donors (Lipinski definition) is 1. The Labute approximate surface area is 107 Å². The van der Waals surface area contributed by atoms with E-state index in [9.17, 15) is 9.90 Å². The van der Waals surface area contributed by atoms with Crippen LogP contribution in [0.15, 0.2) is 4.52 Å². The number of carboxylic acids is 1. The molecule has 1 N–H and O–H groups in total. The summed E-state index contributed by atoms with van der Waals surface area (Å²) in [5.41, 5.74) is 1.23. The number of aromatic nitrogens is 1. The summed E-state index contributed by atoms with van der Waals surface area (Å²) in [6.45, 7) is 7.14. The Hall–Kier alpha value is -1.36. The summed E-state index contributed by atoms with van der Waals surface area (Å²) in [6.07, 6.45) is 2.44. The van der Waals surface area contributed by atoms with Crippen LogP contribution in [0.2, 0.25) is 0 Å². The van der Waals surface area contributed by atoms with Crippen molar-refractivity contribution in [3.8, 4) is 0 Å². The Morgan fingerprint density at radius 2 is 2.33 bits per heavy atom. The summed E-state index contributed by atoms with van der Waals surface area (Å²) in [6, 6.07) is 0. The molecule has 1 aliphatic rings. The van der Waals surface area contributed by atoms with Gasteiger partial charge in [-0.25, -0.2) is 0 Å². The van der Waals surface area contributed by atoms with E-state index in [1.807, 2.05) is 18.7 Å². The molecule has 0 spiro atoms. The Bertz CT molecular complexity index is 455. The molecular formula is C13H20N2O3. The van der Waals surface area contributed by atoms with Crippen LogP contribution in [0.4, 0.5) is 0 Å². The summed E-state index contributed by atoms with van der Waals surface area (Å²) < 4.78 is 5.20. The minimum Gasteiger partial charge on any atom is -0.480 e. The first-order chi connectivity index (χ1) is 8.49. The van der Waals surface area contributed by atoms with Crippen LogP contribution >= 0.6 is 0 Å². The van der Waals surface area contributed by atoms with E-state index in [-0.39, 0.29) is 0 Å². The van der Waals surface area contributed by atoms with E-state index in [2.05, 4.69) is 5.16 Å². The SMILES string of the molecule is CCc1noc(C)c1CN1CCCC1(C)C(=O)O. The summed E-state index contributed by atoms with van der Waals surface area (Å²) in [4.78, 5) is 13.4. The van der Waals surface area contributed by atoms with Gasteiger partial charge in [0.2, 0.25) is 0 Å². The van der Waals surface area contributed by atoms with E-state index in [1.165, 1.54) is 0 Å². The molecule has 0 aromatic carbocycles. The highest BCUT2D eigenvalue weighted by atomic mass is 16.5. The van der Waals surface area contributed by atoms with Crippen LogP contribution in [0.3, 0.4) is 0 Å². The van der Waals surface area contributed by atoms with Crippen molar-refractivity contribution in [1.29, 1.82) is 0 Å². The lowest BCUT2D eigenvalue weighted by Crippen LogP contribution is -2.47. The molecule has 1 unspecified atom stereocenters. The third-order valence-corrected chi connectivity index (χ3v) is 4.00. The molecule has 0 amide bonds. The zero-order valence-corrected chi connectivity index (χ0v) is 11.2. The largest absolute Gasteiger partial charge is 0.480 e. The van der Waals surface area contributed by atoms with Gasteiger partial charge in [-0.2, -0.15) is 0 Å². The van der Waals surface area contributed by atoms with Crippen molar-refractivity contribution < 1.29 is 14.4 Å². The van der Waals surface area contributed by atoms with E-state index in [4.69, 9.17) is 4.52 Å². The van der Waals surface area contributed by atoms with Gasteiger partial charge in [-0.1, -0.05) is 12.1 Å². The molecular weight excluding hydrogens is 232 g/mol.